The molecule has 3 unspecified atom stereocenters. The third-order valence-electron chi connectivity index (χ3n) is 4.79. The number of hydrogen-bond acceptors (Lipinski definition) is 9. The number of aliphatic carboxylic acids is 1. The van der Waals surface area contributed by atoms with Gasteiger partial charge in [0, 0.05) is 11.5 Å². The highest BCUT2D eigenvalue weighted by Crippen LogP contribution is 2.42. The number of nitrogens with one attached hydrogen (secondary N) is 1. The van der Waals surface area contributed by atoms with Crippen LogP contribution in [0, 0.1) is 6.92 Å². The molecule has 1 aromatic heterocycles. The number of aromatic nitrogens is 2. The van der Waals surface area contributed by atoms with E-state index in [2.05, 4.69) is 20.6 Å². The molecule has 1 aromatic rings. The van der Waals surface area contributed by atoms with Gasteiger partial charge in [-0.3, -0.25) is 14.5 Å². The Morgan fingerprint density at radius 2 is 2.23 bits per heavy atom. The van der Waals surface area contributed by atoms with E-state index in [1.165, 1.54) is 39.8 Å². The third kappa shape index (κ3) is 4.23. The van der Waals surface area contributed by atoms with Gasteiger partial charge in [0.1, 0.15) is 27.2 Å². The van der Waals surface area contributed by atoms with Crippen molar-refractivity contribution in [3.8, 4) is 0 Å². The van der Waals surface area contributed by atoms with Crippen molar-refractivity contribution in [3.63, 3.8) is 0 Å². The van der Waals surface area contributed by atoms with Crippen molar-refractivity contribution in [1.29, 1.82) is 0 Å². The van der Waals surface area contributed by atoms with Gasteiger partial charge in [-0.1, -0.05) is 39.4 Å². The van der Waals surface area contributed by atoms with Gasteiger partial charge < -0.3 is 10.4 Å². The Morgan fingerprint density at radius 3 is 2.84 bits per heavy atom. The van der Waals surface area contributed by atoms with Crippen LogP contribution in [0.2, 0.25) is 0 Å². The topological polar surface area (TPSA) is 128 Å². The van der Waals surface area contributed by atoms with Gasteiger partial charge in [0.2, 0.25) is 12.2 Å². The molecule has 1 saturated heterocycles. The summed E-state index contributed by atoms with van der Waals surface area (Å²) in [6.45, 7) is 4.29. The zero-order valence-corrected chi connectivity index (χ0v) is 19.6. The number of carboxylic acids is 1. The highest BCUT2D eigenvalue weighted by molar-refractivity contribution is 8.01. The van der Waals surface area contributed by atoms with Crippen LogP contribution in [0.15, 0.2) is 32.0 Å². The SMILES string of the molecule is CC[N+]1=NC(C(=O)NC2C(=O)N3C(C(=O)O)=C(CSc4nnc(C)s4)CSC23)C(Cl)=C1. The Bertz CT molecular complexity index is 1050. The monoisotopic (exact) mass is 501 g/mol. The van der Waals surface area contributed by atoms with E-state index in [0.717, 1.165) is 9.35 Å². The van der Waals surface area contributed by atoms with Crippen LogP contribution in [0.4, 0.5) is 0 Å². The molecule has 10 nitrogen and oxygen atoms in total. The van der Waals surface area contributed by atoms with Crippen molar-refractivity contribution in [3.05, 3.63) is 27.5 Å². The summed E-state index contributed by atoms with van der Waals surface area (Å²) in [6, 6.07) is -1.71. The van der Waals surface area contributed by atoms with Gasteiger partial charge in [-0.05, 0) is 24.5 Å². The molecule has 2 amide bonds. The first-order valence-electron chi connectivity index (χ1n) is 9.28. The Kier molecular flexibility index (Phi) is 6.37. The van der Waals surface area contributed by atoms with Crippen LogP contribution < -0.4 is 5.32 Å². The quantitative estimate of drug-likeness (QED) is 0.328. The van der Waals surface area contributed by atoms with Crippen LogP contribution in [0.1, 0.15) is 11.9 Å². The van der Waals surface area contributed by atoms with Crippen molar-refractivity contribution in [2.24, 2.45) is 5.11 Å². The zero-order valence-electron chi connectivity index (χ0n) is 16.4. The predicted molar refractivity (Wildman–Crippen MR) is 116 cm³/mol. The van der Waals surface area contributed by atoms with E-state index < -0.39 is 35.2 Å². The van der Waals surface area contributed by atoms with Gasteiger partial charge in [-0.25, -0.2) is 4.79 Å². The number of thioether (sulfide) groups is 2. The van der Waals surface area contributed by atoms with E-state index in [1.807, 2.05) is 13.8 Å². The minimum atomic E-state index is -1.16. The number of halogens is 1. The molecule has 164 valence electrons. The number of azo groups is 2. The number of carbonyl (C=O) groups excluding carboxylic acids is 2. The average molecular weight is 502 g/mol. The lowest BCUT2D eigenvalue weighted by molar-refractivity contribution is -0.520. The molecule has 31 heavy (non-hydrogen) atoms. The predicted octanol–water partition coefficient (Wildman–Crippen LogP) is 1.62. The highest BCUT2D eigenvalue weighted by Gasteiger charge is 2.54. The zero-order chi connectivity index (χ0) is 22.3. The molecule has 0 aliphatic carbocycles. The summed E-state index contributed by atoms with van der Waals surface area (Å²) in [5.74, 6) is -1.27. The second-order valence-electron chi connectivity index (χ2n) is 6.82. The molecule has 1 fully saturated rings. The third-order valence-corrected chi connectivity index (χ3v) is 8.50. The number of nitrogens with zero attached hydrogens (tertiary/aromatic N) is 5. The van der Waals surface area contributed by atoms with E-state index in [1.54, 1.807) is 10.9 Å². The molecule has 14 heteroatoms. The van der Waals surface area contributed by atoms with E-state index in [-0.39, 0.29) is 10.7 Å². The van der Waals surface area contributed by atoms with Gasteiger partial charge in [-0.2, -0.15) is 0 Å². The lowest BCUT2D eigenvalue weighted by Crippen LogP contribution is -2.71. The van der Waals surface area contributed by atoms with Gasteiger partial charge in [0.05, 0.1) is 0 Å². The average Bonchev–Trinajstić information content (AvgIpc) is 3.34. The molecule has 0 bridgehead atoms. The maximum atomic E-state index is 12.8. The van der Waals surface area contributed by atoms with Crippen molar-refractivity contribution < 1.29 is 24.2 Å². The fourth-order valence-corrected chi connectivity index (χ4v) is 6.87. The van der Waals surface area contributed by atoms with Crippen molar-refractivity contribution in [2.75, 3.05) is 18.1 Å². The van der Waals surface area contributed by atoms with E-state index >= 15 is 0 Å². The molecule has 0 spiro atoms. The number of hydrogen-bond donors (Lipinski definition) is 2. The molecule has 0 saturated carbocycles. The van der Waals surface area contributed by atoms with E-state index in [9.17, 15) is 19.5 Å². The van der Waals surface area contributed by atoms with Crippen LogP contribution >= 0.6 is 46.5 Å². The van der Waals surface area contributed by atoms with Crippen LogP contribution in [0.3, 0.4) is 0 Å². The second kappa shape index (κ2) is 8.88. The first kappa shape index (κ1) is 22.2. The van der Waals surface area contributed by atoms with Crippen molar-refractivity contribution in [1.82, 2.24) is 20.4 Å². The summed E-state index contributed by atoms with van der Waals surface area (Å²) in [7, 11) is 0. The Balaban J connectivity index is 1.46. The highest BCUT2D eigenvalue weighted by atomic mass is 35.5. The molecule has 3 atom stereocenters. The maximum Gasteiger partial charge on any atom is 0.352 e. The molecule has 3 aliphatic heterocycles. The minimum Gasteiger partial charge on any atom is -0.477 e. The minimum absolute atomic E-state index is 0.0198. The Labute approximate surface area is 194 Å². The summed E-state index contributed by atoms with van der Waals surface area (Å²) in [6.07, 6.45) is 1.57. The number of carbonyl (C=O) groups is 3. The molecular weight excluding hydrogens is 484 g/mol. The molecule has 0 aromatic carbocycles. The molecule has 4 heterocycles. The van der Waals surface area contributed by atoms with Gasteiger partial charge >= 0.3 is 5.97 Å². The number of fused-ring (bicyclic) bond motifs is 1. The summed E-state index contributed by atoms with van der Waals surface area (Å²) >= 11 is 10.3. The van der Waals surface area contributed by atoms with Gasteiger partial charge in [0.25, 0.3) is 11.8 Å². The fourth-order valence-electron chi connectivity index (χ4n) is 3.31. The molecule has 4 rings (SSSR count). The Morgan fingerprint density at radius 1 is 1.45 bits per heavy atom. The first-order valence-corrected chi connectivity index (χ1v) is 12.5. The van der Waals surface area contributed by atoms with Gasteiger partial charge in [0.15, 0.2) is 10.9 Å². The lowest BCUT2D eigenvalue weighted by atomic mass is 10.0. The Hall–Kier alpha value is -1.96. The summed E-state index contributed by atoms with van der Waals surface area (Å²) in [5.41, 5.74) is 0.619. The number of carboxylic acid groups (broad SMARTS) is 1. The maximum absolute atomic E-state index is 12.8. The summed E-state index contributed by atoms with van der Waals surface area (Å²) in [5, 5.41) is 25.2. The fraction of sp³-hybridized carbons (Fsp3) is 0.471. The number of rotatable bonds is 7. The van der Waals surface area contributed by atoms with Crippen LogP contribution in [0.5, 0.6) is 0 Å². The first-order chi connectivity index (χ1) is 14.8. The van der Waals surface area contributed by atoms with Gasteiger partial charge in [-0.15, -0.1) is 22.0 Å². The number of amides is 2. The van der Waals surface area contributed by atoms with E-state index in [0.29, 0.717) is 23.6 Å². The second-order valence-corrected chi connectivity index (χ2v) is 10.8. The van der Waals surface area contributed by atoms with Crippen molar-refractivity contribution >= 4 is 64.2 Å². The van der Waals surface area contributed by atoms with Crippen LogP contribution in [-0.2, 0) is 14.4 Å². The summed E-state index contributed by atoms with van der Waals surface area (Å²) < 4.78 is 2.30. The smallest absolute Gasteiger partial charge is 0.352 e. The number of aryl methyl sites for hydroxylation is 1. The normalized spacial score (nSPS) is 25.1. The van der Waals surface area contributed by atoms with Crippen LogP contribution in [-0.4, -0.2) is 78.2 Å². The molecule has 0 radical (unpaired) electrons. The largest absolute Gasteiger partial charge is 0.477 e. The van der Waals surface area contributed by atoms with Crippen LogP contribution in [0.25, 0.3) is 0 Å². The van der Waals surface area contributed by atoms with Crippen molar-refractivity contribution in [2.45, 2.75) is 35.6 Å². The standard InChI is InChI=1S/C17H17ClN6O4S3/c1-3-23-4-9(18)10(22-23)13(25)19-11-14(26)24-12(16(27)28)8(5-29-15(11)24)6-30-17-21-20-7(2)31-17/h4,10-11,15H,3,5-6H2,1-2H3,(H-,19,25,27,28)/p+1. The molecule has 3 aliphatic rings. The number of β-lactam (4-membered cyclic amide) rings is 1. The summed E-state index contributed by atoms with van der Waals surface area (Å²) in [4.78, 5) is 38.6. The molecule has 2 N–H and O–H groups in total. The van der Waals surface area contributed by atoms with E-state index in [4.69, 9.17) is 11.6 Å². The molecular formula is C17H18ClN6O4S3+. The lowest BCUT2D eigenvalue weighted by Gasteiger charge is -2.49.